The minimum absolute atomic E-state index is 0.139. The van der Waals surface area contributed by atoms with E-state index in [2.05, 4.69) is 20.3 Å². The van der Waals surface area contributed by atoms with E-state index >= 15 is 0 Å². The largest absolute Gasteiger partial charge is 0.433 e. The Balaban J connectivity index is 1.69. The summed E-state index contributed by atoms with van der Waals surface area (Å²) < 4.78 is 43.8. The number of halogens is 3. The summed E-state index contributed by atoms with van der Waals surface area (Å²) in [5, 5.41) is 3.75. The molecule has 1 aliphatic rings. The Kier molecular flexibility index (Phi) is 6.81. The number of carbonyl (C=O) groups excluding carboxylic acids is 1. The second-order valence-corrected chi connectivity index (χ2v) is 9.35. The van der Waals surface area contributed by atoms with Crippen LogP contribution < -0.4 is 16.8 Å². The zero-order valence-corrected chi connectivity index (χ0v) is 21.0. The number of benzene rings is 2. The maximum Gasteiger partial charge on any atom is 0.433 e. The van der Waals surface area contributed by atoms with Gasteiger partial charge in [-0.15, -0.1) is 0 Å². The summed E-state index contributed by atoms with van der Waals surface area (Å²) in [6.45, 7) is 0.656. The molecule has 0 saturated heterocycles. The van der Waals surface area contributed by atoms with Gasteiger partial charge in [-0.25, -0.2) is 9.97 Å². The third-order valence-electron chi connectivity index (χ3n) is 6.59. The van der Waals surface area contributed by atoms with E-state index in [0.29, 0.717) is 51.6 Å². The van der Waals surface area contributed by atoms with Crippen LogP contribution >= 0.6 is 0 Å². The van der Waals surface area contributed by atoms with Crippen molar-refractivity contribution in [2.75, 3.05) is 18.9 Å². The van der Waals surface area contributed by atoms with Gasteiger partial charge in [0, 0.05) is 48.9 Å². The Hall–Kier alpha value is -4.67. The number of primary amides is 1. The molecule has 2 aromatic carbocycles. The van der Waals surface area contributed by atoms with E-state index in [1.807, 2.05) is 0 Å². The molecule has 200 valence electrons. The van der Waals surface area contributed by atoms with Gasteiger partial charge in [-0.05, 0) is 54.2 Å². The molecule has 1 fully saturated rings. The minimum atomic E-state index is -4.69. The van der Waals surface area contributed by atoms with Crippen LogP contribution in [0.3, 0.4) is 0 Å². The van der Waals surface area contributed by atoms with Crippen LogP contribution in [0, 0.1) is 5.92 Å². The van der Waals surface area contributed by atoms with Crippen molar-refractivity contribution in [1.82, 2.24) is 14.5 Å². The zero-order chi connectivity index (χ0) is 27.7. The molecule has 0 aliphatic heterocycles. The predicted molar refractivity (Wildman–Crippen MR) is 146 cm³/mol. The smallest absolute Gasteiger partial charge is 0.404 e. The van der Waals surface area contributed by atoms with E-state index in [1.54, 1.807) is 54.4 Å². The van der Waals surface area contributed by atoms with Crippen molar-refractivity contribution in [2.24, 2.45) is 22.4 Å². The number of fused-ring (bicyclic) bond motifs is 1. The summed E-state index contributed by atoms with van der Waals surface area (Å²) >= 11 is 0. The van der Waals surface area contributed by atoms with Crippen LogP contribution in [0.5, 0.6) is 0 Å². The number of rotatable bonds is 8. The number of nitrogens with one attached hydrogen (secondary N) is 1. The van der Waals surface area contributed by atoms with Crippen LogP contribution in [0.1, 0.15) is 34.6 Å². The summed E-state index contributed by atoms with van der Waals surface area (Å²) in [6, 6.07) is 11.0. The monoisotopic (exact) mass is 533 g/mol. The molecule has 1 amide bonds. The maximum atomic E-state index is 14.1. The highest BCUT2D eigenvalue weighted by Gasteiger charge is 2.34. The Morgan fingerprint density at radius 3 is 2.69 bits per heavy atom. The molecule has 0 atom stereocenters. The number of carbonyl (C=O) groups is 1. The van der Waals surface area contributed by atoms with Gasteiger partial charge in [0.2, 0.25) is 0 Å². The van der Waals surface area contributed by atoms with Gasteiger partial charge in [0.15, 0.2) is 0 Å². The van der Waals surface area contributed by atoms with Crippen LogP contribution in [0.25, 0.3) is 33.3 Å². The Labute approximate surface area is 222 Å². The average molecular weight is 534 g/mol. The molecule has 5 N–H and O–H groups in total. The number of nitrogens with two attached hydrogens (primary N) is 2. The lowest BCUT2D eigenvalue weighted by Gasteiger charge is -2.16. The summed E-state index contributed by atoms with van der Waals surface area (Å²) in [7, 11) is 1.60. The number of allylic oxidation sites excluding steroid dienone is 1. The number of nitrogens with zero attached hydrogens (tertiary/aromatic N) is 4. The van der Waals surface area contributed by atoms with Crippen molar-refractivity contribution >= 4 is 34.3 Å². The molecule has 0 spiro atoms. The second kappa shape index (κ2) is 10.2. The average Bonchev–Trinajstić information content (AvgIpc) is 3.62. The molecule has 2 aromatic heterocycles. The molecule has 5 rings (SSSR count). The number of imidazole rings is 1. The zero-order valence-electron chi connectivity index (χ0n) is 21.0. The first-order chi connectivity index (χ1) is 18.7. The van der Waals surface area contributed by atoms with Crippen LogP contribution in [0.4, 0.5) is 18.9 Å². The molecule has 11 heteroatoms. The maximum absolute atomic E-state index is 14.1. The molecular formula is C28H26F3N7O. The first-order valence-corrected chi connectivity index (χ1v) is 12.3. The summed E-state index contributed by atoms with van der Waals surface area (Å²) in [5.74, 6) is -0.110. The van der Waals surface area contributed by atoms with Gasteiger partial charge in [-0.1, -0.05) is 18.2 Å². The van der Waals surface area contributed by atoms with E-state index in [1.165, 1.54) is 18.6 Å². The Bertz CT molecular complexity index is 1620. The molecule has 39 heavy (non-hydrogen) atoms. The van der Waals surface area contributed by atoms with Crippen molar-refractivity contribution in [2.45, 2.75) is 19.0 Å². The van der Waals surface area contributed by atoms with Gasteiger partial charge in [0.05, 0.1) is 28.8 Å². The van der Waals surface area contributed by atoms with E-state index < -0.39 is 17.8 Å². The lowest BCUT2D eigenvalue weighted by atomic mass is 9.97. The molecular weight excluding hydrogens is 507 g/mol. The minimum Gasteiger partial charge on any atom is -0.404 e. The van der Waals surface area contributed by atoms with Gasteiger partial charge in [0.1, 0.15) is 5.69 Å². The number of amides is 1. The first-order valence-electron chi connectivity index (χ1n) is 12.3. The standard InChI is InChI=1S/C28H26F3N7O/c1-34-13-18(11-32)23-14-38(15-36-23)24-4-2-3-19-21(10-25(28(29,30)31)37-26(19)24)17-7-8-20(27(33)39)22(9-17)35-12-16-5-6-16/h2-4,7-11,13-16,35H,5-6,12,32H2,1H3,(H2,33,39). The summed E-state index contributed by atoms with van der Waals surface area (Å²) in [5.41, 5.74) is 13.4. The number of aromatic nitrogens is 3. The van der Waals surface area contributed by atoms with Crippen LogP contribution in [0.2, 0.25) is 0 Å². The van der Waals surface area contributed by atoms with Gasteiger partial charge in [0.25, 0.3) is 5.91 Å². The van der Waals surface area contributed by atoms with E-state index in [9.17, 15) is 18.0 Å². The normalized spacial score (nSPS) is 14.3. The van der Waals surface area contributed by atoms with E-state index in [4.69, 9.17) is 11.5 Å². The van der Waals surface area contributed by atoms with Gasteiger partial charge in [-0.2, -0.15) is 13.2 Å². The molecule has 0 radical (unpaired) electrons. The highest BCUT2D eigenvalue weighted by Crippen LogP contribution is 2.38. The number of para-hydroxylation sites is 1. The quantitative estimate of drug-likeness (QED) is 0.274. The van der Waals surface area contributed by atoms with Crippen LogP contribution in [0.15, 0.2) is 66.2 Å². The number of anilines is 1. The van der Waals surface area contributed by atoms with Gasteiger partial charge in [-0.3, -0.25) is 9.79 Å². The highest BCUT2D eigenvalue weighted by atomic mass is 19.4. The molecule has 1 aliphatic carbocycles. The fourth-order valence-electron chi connectivity index (χ4n) is 4.41. The van der Waals surface area contributed by atoms with Crippen LogP contribution in [-0.2, 0) is 6.18 Å². The third kappa shape index (κ3) is 5.33. The molecule has 1 saturated carbocycles. The molecule has 8 nitrogen and oxygen atoms in total. The SMILES string of the molecule is CN=CC(=CN)c1cn(-c2cccc3c(-c4ccc(C(N)=O)c(NCC5CC5)c4)cc(C(F)(F)F)nc23)cn1. The molecule has 0 bridgehead atoms. The Morgan fingerprint density at radius 2 is 2.03 bits per heavy atom. The Morgan fingerprint density at radius 1 is 1.23 bits per heavy atom. The summed E-state index contributed by atoms with van der Waals surface area (Å²) in [4.78, 5) is 24.4. The van der Waals surface area contributed by atoms with Crippen molar-refractivity contribution in [3.8, 4) is 16.8 Å². The summed E-state index contributed by atoms with van der Waals surface area (Å²) in [6.07, 6.45) is 3.52. The number of hydrogen-bond acceptors (Lipinski definition) is 6. The molecule has 0 unspecified atom stereocenters. The number of aliphatic imine (C=N–C) groups is 1. The number of pyridine rings is 1. The first kappa shape index (κ1) is 26.0. The number of alkyl halides is 3. The third-order valence-corrected chi connectivity index (χ3v) is 6.59. The van der Waals surface area contributed by atoms with Crippen LogP contribution in [-0.4, -0.2) is 40.2 Å². The fraction of sp³-hybridized carbons (Fsp3) is 0.214. The van der Waals surface area contributed by atoms with Crippen molar-refractivity contribution in [3.05, 3.63) is 78.1 Å². The van der Waals surface area contributed by atoms with Gasteiger partial charge >= 0.3 is 6.18 Å². The van der Waals surface area contributed by atoms with Crippen molar-refractivity contribution in [1.29, 1.82) is 0 Å². The highest BCUT2D eigenvalue weighted by molar-refractivity contribution is 6.08. The molecule has 2 heterocycles. The van der Waals surface area contributed by atoms with Crippen molar-refractivity contribution in [3.63, 3.8) is 0 Å². The van der Waals surface area contributed by atoms with E-state index in [0.717, 1.165) is 18.9 Å². The second-order valence-electron chi connectivity index (χ2n) is 9.35. The molecule has 4 aromatic rings. The lowest BCUT2D eigenvalue weighted by Crippen LogP contribution is -2.15. The predicted octanol–water partition coefficient (Wildman–Crippen LogP) is 5.03. The topological polar surface area (TPSA) is 124 Å². The van der Waals surface area contributed by atoms with Gasteiger partial charge < -0.3 is 21.4 Å². The number of hydrogen-bond donors (Lipinski definition) is 3. The lowest BCUT2D eigenvalue weighted by molar-refractivity contribution is -0.140. The van der Waals surface area contributed by atoms with E-state index in [-0.39, 0.29) is 11.1 Å². The fourth-order valence-corrected chi connectivity index (χ4v) is 4.41. The van der Waals surface area contributed by atoms with Crippen molar-refractivity contribution < 1.29 is 18.0 Å².